The molecule has 174 valence electrons. The summed E-state index contributed by atoms with van der Waals surface area (Å²) >= 11 is 0. The monoisotopic (exact) mass is 460 g/mol. The third-order valence-corrected chi connectivity index (χ3v) is 8.66. The van der Waals surface area contributed by atoms with Gasteiger partial charge in [-0.2, -0.15) is 0 Å². The number of hydrogen-bond donors (Lipinski definition) is 0. The highest BCUT2D eigenvalue weighted by Crippen LogP contribution is 2.53. The molecule has 0 atom stereocenters. The third-order valence-electron chi connectivity index (χ3n) is 8.66. The van der Waals surface area contributed by atoms with Crippen molar-refractivity contribution >= 4 is 0 Å². The fourth-order valence-corrected chi connectivity index (χ4v) is 6.99. The zero-order valence-electron chi connectivity index (χ0n) is 24.7. The predicted molar refractivity (Wildman–Crippen MR) is 145 cm³/mol. The highest BCUT2D eigenvalue weighted by molar-refractivity contribution is 6.00. The molecule has 0 saturated heterocycles. The lowest BCUT2D eigenvalue weighted by Crippen LogP contribution is -2.32. The molecule has 1 nitrogen and oxygen atoms in total. The third kappa shape index (κ3) is 3.10. The van der Waals surface area contributed by atoms with E-state index in [2.05, 4.69) is 61.5 Å². The van der Waals surface area contributed by atoms with E-state index in [4.69, 9.17) is 4.11 Å². The molecule has 3 aromatic carbocycles. The van der Waals surface area contributed by atoms with Crippen molar-refractivity contribution in [2.75, 3.05) is 0 Å². The Hall–Kier alpha value is -3.19. The molecule has 4 aromatic rings. The summed E-state index contributed by atoms with van der Waals surface area (Å²) in [4.78, 5) is 0. The number of nitrogens with zero attached hydrogens (tertiary/aromatic N) is 1. The van der Waals surface area contributed by atoms with E-state index in [1.165, 1.54) is 55.6 Å². The predicted octanol–water partition coefficient (Wildman–Crippen LogP) is 7.99. The second-order valence-corrected chi connectivity index (χ2v) is 10.6. The normalized spacial score (nSPS) is 19.0. The van der Waals surface area contributed by atoms with E-state index in [9.17, 15) is 1.37 Å². The van der Waals surface area contributed by atoms with Gasteiger partial charge in [-0.25, -0.2) is 4.57 Å². The van der Waals surface area contributed by atoms with Crippen molar-refractivity contribution in [3.8, 4) is 33.5 Å². The van der Waals surface area contributed by atoms with Gasteiger partial charge in [-0.05, 0) is 101 Å². The molecule has 7 rings (SSSR count). The quantitative estimate of drug-likeness (QED) is 0.231. The van der Waals surface area contributed by atoms with Crippen LogP contribution >= 0.6 is 0 Å². The van der Waals surface area contributed by atoms with Crippen molar-refractivity contribution in [3.05, 3.63) is 99.7 Å². The summed E-state index contributed by atoms with van der Waals surface area (Å²) in [6.45, 7) is -0.0122. The van der Waals surface area contributed by atoms with Crippen molar-refractivity contribution in [1.82, 2.24) is 0 Å². The zero-order chi connectivity index (χ0) is 27.1. The van der Waals surface area contributed by atoms with Crippen LogP contribution in [0.1, 0.15) is 82.4 Å². The summed E-state index contributed by atoms with van der Waals surface area (Å²) in [5.74, 6) is -0.863. The highest BCUT2D eigenvalue weighted by Gasteiger charge is 2.35. The van der Waals surface area contributed by atoms with Crippen LogP contribution in [-0.4, -0.2) is 0 Å². The molecule has 0 spiro atoms. The summed E-state index contributed by atoms with van der Waals surface area (Å²) < 4.78 is 36.6. The summed E-state index contributed by atoms with van der Waals surface area (Å²) in [5.41, 5.74) is 15.3. The van der Waals surface area contributed by atoms with Gasteiger partial charge >= 0.3 is 0 Å². The Bertz CT molecular complexity index is 1660. The molecule has 1 heterocycles. The number of aromatic nitrogens is 1. The lowest BCUT2D eigenvalue weighted by molar-refractivity contribution is -0.660. The van der Waals surface area contributed by atoms with Crippen LogP contribution in [0.2, 0.25) is 0 Å². The SMILES string of the molecule is [2H]C([2H])([2H])c1c[n+](C)c(-c2c(C)c3c(c4c2Cc2ccccc2-4)-c2ccccc2C3)cc1C1([2H])CCCCC1. The molecule has 0 radical (unpaired) electrons. The van der Waals surface area contributed by atoms with Crippen LogP contribution in [0.5, 0.6) is 0 Å². The van der Waals surface area contributed by atoms with Gasteiger partial charge in [-0.3, -0.25) is 0 Å². The van der Waals surface area contributed by atoms with E-state index < -0.39 is 12.7 Å². The minimum atomic E-state index is -2.26. The van der Waals surface area contributed by atoms with E-state index >= 15 is 0 Å². The van der Waals surface area contributed by atoms with Crippen LogP contribution in [0, 0.1) is 13.8 Å². The number of benzene rings is 3. The fourth-order valence-electron chi connectivity index (χ4n) is 6.99. The van der Waals surface area contributed by atoms with Gasteiger partial charge in [0.15, 0.2) is 6.20 Å². The lowest BCUT2D eigenvalue weighted by Gasteiger charge is -2.24. The Balaban J connectivity index is 1.54. The molecule has 0 bridgehead atoms. The van der Waals surface area contributed by atoms with Crippen molar-refractivity contribution in [2.45, 2.75) is 64.6 Å². The molecule has 35 heavy (non-hydrogen) atoms. The Labute approximate surface area is 215 Å². The van der Waals surface area contributed by atoms with E-state index in [-0.39, 0.29) is 0 Å². The Morgan fingerprint density at radius 1 is 0.829 bits per heavy atom. The van der Waals surface area contributed by atoms with Crippen molar-refractivity contribution in [2.24, 2.45) is 7.05 Å². The summed E-state index contributed by atoms with van der Waals surface area (Å²) in [5, 5.41) is 0. The van der Waals surface area contributed by atoms with Crippen LogP contribution < -0.4 is 4.57 Å². The maximum absolute atomic E-state index is 9.48. The Morgan fingerprint density at radius 3 is 2.14 bits per heavy atom. The Kier molecular flexibility index (Phi) is 3.91. The van der Waals surface area contributed by atoms with E-state index in [1.54, 1.807) is 6.20 Å². The zero-order valence-corrected chi connectivity index (χ0v) is 20.7. The fraction of sp³-hybridized carbons (Fsp3) is 0.324. The molecule has 0 N–H and O–H groups in total. The number of pyridine rings is 1. The van der Waals surface area contributed by atoms with Gasteiger partial charge in [0.2, 0.25) is 5.69 Å². The smallest absolute Gasteiger partial charge is 0.201 e. The first kappa shape index (κ1) is 17.3. The first-order valence-corrected chi connectivity index (χ1v) is 13.1. The maximum atomic E-state index is 9.48. The largest absolute Gasteiger partial charge is 0.213 e. The lowest BCUT2D eigenvalue weighted by atomic mass is 9.81. The second kappa shape index (κ2) is 7.92. The van der Waals surface area contributed by atoms with Crippen LogP contribution in [0.4, 0.5) is 0 Å². The van der Waals surface area contributed by atoms with Gasteiger partial charge in [0.1, 0.15) is 7.05 Å². The van der Waals surface area contributed by atoms with Crippen molar-refractivity contribution < 1.29 is 10.1 Å². The molecular formula is C34H34N+. The summed E-state index contributed by atoms with van der Waals surface area (Å²) in [6, 6.07) is 19.6. The highest BCUT2D eigenvalue weighted by atomic mass is 14.9. The number of aryl methyl sites for hydroxylation is 2. The summed E-state index contributed by atoms with van der Waals surface area (Å²) in [6.07, 6.45) is 8.07. The van der Waals surface area contributed by atoms with Gasteiger partial charge in [0, 0.05) is 17.1 Å². The Morgan fingerprint density at radius 2 is 1.46 bits per heavy atom. The molecule has 1 heteroatoms. The summed E-state index contributed by atoms with van der Waals surface area (Å²) in [7, 11) is 1.97. The van der Waals surface area contributed by atoms with Crippen molar-refractivity contribution in [1.29, 1.82) is 0 Å². The topological polar surface area (TPSA) is 3.88 Å². The molecule has 0 amide bonds. The number of rotatable bonds is 2. The van der Waals surface area contributed by atoms with Gasteiger partial charge < -0.3 is 0 Å². The second-order valence-electron chi connectivity index (χ2n) is 10.6. The van der Waals surface area contributed by atoms with E-state index in [0.717, 1.165) is 37.8 Å². The molecule has 3 aliphatic carbocycles. The number of hydrogen-bond acceptors (Lipinski definition) is 0. The molecule has 1 saturated carbocycles. The van der Waals surface area contributed by atoms with Crippen LogP contribution in [-0.2, 0) is 19.9 Å². The first-order valence-electron chi connectivity index (χ1n) is 15.1. The minimum absolute atomic E-state index is 0.330. The average molecular weight is 461 g/mol. The average Bonchev–Trinajstić information content (AvgIpc) is 3.48. The standard InChI is InChI=1S/C34H34N/c1-21-20-35(3)31(19-28(21)23-11-5-4-6-12-23)32-22(2)29-17-24-13-7-9-15-26(24)33(29)34-27-16-10-8-14-25(27)18-30(32)34/h7-10,13-16,19-20,23H,4-6,11-12,17-18H2,1-3H3/q+1/i1D3,23D. The van der Waals surface area contributed by atoms with Gasteiger partial charge in [-0.1, -0.05) is 67.8 Å². The van der Waals surface area contributed by atoms with Crippen LogP contribution in [0.15, 0.2) is 60.8 Å². The molecule has 0 aliphatic heterocycles. The molecule has 1 fully saturated rings. The first-order chi connectivity index (χ1) is 18.7. The van der Waals surface area contributed by atoms with Gasteiger partial charge in [-0.15, -0.1) is 0 Å². The number of fused-ring (bicyclic) bond motifs is 7. The van der Waals surface area contributed by atoms with Gasteiger partial charge in [0.05, 0.1) is 5.56 Å². The molecular weight excluding hydrogens is 422 g/mol. The van der Waals surface area contributed by atoms with Gasteiger partial charge in [0.25, 0.3) is 0 Å². The maximum Gasteiger partial charge on any atom is 0.213 e. The van der Waals surface area contributed by atoms with E-state index in [1.807, 2.05) is 11.6 Å². The van der Waals surface area contributed by atoms with Crippen molar-refractivity contribution in [3.63, 3.8) is 0 Å². The minimum Gasteiger partial charge on any atom is -0.201 e. The molecule has 1 aromatic heterocycles. The van der Waals surface area contributed by atoms with Crippen LogP contribution in [0.3, 0.4) is 0 Å². The molecule has 0 unspecified atom stereocenters. The van der Waals surface area contributed by atoms with E-state index in [0.29, 0.717) is 24.0 Å². The van der Waals surface area contributed by atoms with Crippen LogP contribution in [0.25, 0.3) is 33.5 Å². The molecule has 3 aliphatic rings.